The monoisotopic (exact) mass is 319 g/mol. The van der Waals surface area contributed by atoms with Gasteiger partial charge in [-0.25, -0.2) is 9.97 Å². The average Bonchev–Trinajstić information content (AvgIpc) is 2.39. The summed E-state index contributed by atoms with van der Waals surface area (Å²) in [7, 11) is 0. The lowest BCUT2D eigenvalue weighted by Gasteiger charge is -2.21. The SMILES string of the molecule is Cc1cc(-c2ccc(Br)cc2)nc(C(C)(C)CN)n1. The highest BCUT2D eigenvalue weighted by atomic mass is 79.9. The molecule has 1 aromatic heterocycles. The molecule has 0 atom stereocenters. The molecule has 1 aromatic carbocycles. The normalized spacial score (nSPS) is 11.6. The highest BCUT2D eigenvalue weighted by Gasteiger charge is 2.23. The summed E-state index contributed by atoms with van der Waals surface area (Å²) < 4.78 is 1.06. The van der Waals surface area contributed by atoms with E-state index >= 15 is 0 Å². The number of nitrogens with zero attached hydrogens (tertiary/aromatic N) is 2. The Balaban J connectivity index is 2.50. The van der Waals surface area contributed by atoms with Gasteiger partial charge in [0.25, 0.3) is 0 Å². The predicted octanol–water partition coefficient (Wildman–Crippen LogP) is 3.45. The van der Waals surface area contributed by atoms with Gasteiger partial charge >= 0.3 is 0 Å². The smallest absolute Gasteiger partial charge is 0.136 e. The summed E-state index contributed by atoms with van der Waals surface area (Å²) in [5.41, 5.74) is 8.59. The summed E-state index contributed by atoms with van der Waals surface area (Å²) >= 11 is 3.44. The molecule has 2 N–H and O–H groups in total. The minimum absolute atomic E-state index is 0.212. The van der Waals surface area contributed by atoms with E-state index in [1.165, 1.54) is 0 Å². The van der Waals surface area contributed by atoms with Crippen LogP contribution in [0.5, 0.6) is 0 Å². The van der Waals surface area contributed by atoms with Crippen molar-refractivity contribution in [3.05, 3.63) is 46.3 Å². The van der Waals surface area contributed by atoms with Gasteiger partial charge in [0, 0.05) is 27.7 Å². The topological polar surface area (TPSA) is 51.8 Å². The minimum atomic E-state index is -0.212. The number of aromatic nitrogens is 2. The molecule has 0 unspecified atom stereocenters. The Bertz CT molecular complexity index is 576. The molecule has 0 radical (unpaired) electrons. The van der Waals surface area contributed by atoms with Crippen LogP contribution in [0.2, 0.25) is 0 Å². The van der Waals surface area contributed by atoms with Gasteiger partial charge in [0.1, 0.15) is 5.82 Å². The van der Waals surface area contributed by atoms with Gasteiger partial charge in [0.05, 0.1) is 5.69 Å². The fraction of sp³-hybridized carbons (Fsp3) is 0.333. The first-order chi connectivity index (χ1) is 8.92. The quantitative estimate of drug-likeness (QED) is 0.942. The van der Waals surface area contributed by atoms with E-state index in [1.807, 2.05) is 37.3 Å². The minimum Gasteiger partial charge on any atom is -0.329 e. The van der Waals surface area contributed by atoms with Gasteiger partial charge in [-0.3, -0.25) is 0 Å². The van der Waals surface area contributed by atoms with Crippen LogP contribution in [0.1, 0.15) is 25.4 Å². The van der Waals surface area contributed by atoms with Gasteiger partial charge in [0.2, 0.25) is 0 Å². The number of aryl methyl sites for hydroxylation is 1. The van der Waals surface area contributed by atoms with E-state index in [0.717, 1.165) is 27.2 Å². The van der Waals surface area contributed by atoms with E-state index in [9.17, 15) is 0 Å². The molecule has 4 heteroatoms. The van der Waals surface area contributed by atoms with Crippen LogP contribution in [-0.2, 0) is 5.41 Å². The lowest BCUT2D eigenvalue weighted by Crippen LogP contribution is -2.30. The molecule has 0 saturated carbocycles. The maximum atomic E-state index is 5.81. The van der Waals surface area contributed by atoms with Crippen molar-refractivity contribution in [2.24, 2.45) is 5.73 Å². The molecule has 0 fully saturated rings. The number of rotatable bonds is 3. The molecule has 0 amide bonds. The molecule has 0 bridgehead atoms. The number of halogens is 1. The highest BCUT2D eigenvalue weighted by Crippen LogP contribution is 2.24. The third-order valence-corrected chi connectivity index (χ3v) is 3.64. The molecule has 1 heterocycles. The van der Waals surface area contributed by atoms with Crippen LogP contribution in [0.3, 0.4) is 0 Å². The molecular formula is C15H18BrN3. The van der Waals surface area contributed by atoms with Crippen LogP contribution in [0.4, 0.5) is 0 Å². The molecule has 3 nitrogen and oxygen atoms in total. The van der Waals surface area contributed by atoms with E-state index in [1.54, 1.807) is 0 Å². The van der Waals surface area contributed by atoms with Crippen molar-refractivity contribution in [3.63, 3.8) is 0 Å². The maximum Gasteiger partial charge on any atom is 0.136 e. The largest absolute Gasteiger partial charge is 0.329 e. The summed E-state index contributed by atoms with van der Waals surface area (Å²) in [6.07, 6.45) is 0. The summed E-state index contributed by atoms with van der Waals surface area (Å²) in [5.74, 6) is 0.799. The number of hydrogen-bond acceptors (Lipinski definition) is 3. The fourth-order valence-corrected chi connectivity index (χ4v) is 2.00. The summed E-state index contributed by atoms with van der Waals surface area (Å²) in [6.45, 7) is 6.64. The molecular weight excluding hydrogens is 302 g/mol. The van der Waals surface area contributed by atoms with Gasteiger partial charge in [-0.05, 0) is 25.1 Å². The van der Waals surface area contributed by atoms with Crippen LogP contribution in [-0.4, -0.2) is 16.5 Å². The first-order valence-electron chi connectivity index (χ1n) is 6.24. The second kappa shape index (κ2) is 5.39. The average molecular weight is 320 g/mol. The van der Waals surface area contributed by atoms with E-state index in [0.29, 0.717) is 6.54 Å². The number of hydrogen-bond donors (Lipinski definition) is 1. The van der Waals surface area contributed by atoms with Gasteiger partial charge in [-0.15, -0.1) is 0 Å². The van der Waals surface area contributed by atoms with Crippen molar-refractivity contribution < 1.29 is 0 Å². The predicted molar refractivity (Wildman–Crippen MR) is 82.0 cm³/mol. The molecule has 0 aliphatic heterocycles. The first kappa shape index (κ1) is 14.2. The van der Waals surface area contributed by atoms with Crippen LogP contribution in [0, 0.1) is 6.92 Å². The Morgan fingerprint density at radius 3 is 2.37 bits per heavy atom. The van der Waals surface area contributed by atoms with Crippen molar-refractivity contribution in [2.45, 2.75) is 26.2 Å². The van der Waals surface area contributed by atoms with Crippen molar-refractivity contribution >= 4 is 15.9 Å². The molecule has 100 valence electrons. The van der Waals surface area contributed by atoms with Crippen molar-refractivity contribution in [1.82, 2.24) is 9.97 Å². The lowest BCUT2D eigenvalue weighted by atomic mass is 9.92. The van der Waals surface area contributed by atoms with E-state index < -0.39 is 0 Å². The van der Waals surface area contributed by atoms with Crippen LogP contribution in [0.15, 0.2) is 34.8 Å². The van der Waals surface area contributed by atoms with Gasteiger partial charge in [-0.1, -0.05) is 41.9 Å². The Morgan fingerprint density at radius 1 is 1.16 bits per heavy atom. The number of nitrogens with two attached hydrogens (primary N) is 1. The maximum absolute atomic E-state index is 5.81. The van der Waals surface area contributed by atoms with Crippen LogP contribution >= 0.6 is 15.9 Å². The molecule has 0 spiro atoms. The Labute approximate surface area is 122 Å². The fourth-order valence-electron chi connectivity index (χ4n) is 1.73. The molecule has 19 heavy (non-hydrogen) atoms. The zero-order chi connectivity index (χ0) is 14.0. The van der Waals surface area contributed by atoms with Gasteiger partial charge < -0.3 is 5.73 Å². The molecule has 0 aliphatic carbocycles. The number of benzene rings is 1. The molecule has 0 saturated heterocycles. The standard InChI is InChI=1S/C15H18BrN3/c1-10-8-13(11-4-6-12(16)7-5-11)19-14(18-10)15(2,3)9-17/h4-8H,9,17H2,1-3H3. The highest BCUT2D eigenvalue weighted by molar-refractivity contribution is 9.10. The summed E-state index contributed by atoms with van der Waals surface area (Å²) in [6, 6.07) is 10.1. The zero-order valence-corrected chi connectivity index (χ0v) is 13.0. The lowest BCUT2D eigenvalue weighted by molar-refractivity contribution is 0.501. The van der Waals surface area contributed by atoms with Crippen LogP contribution in [0.25, 0.3) is 11.3 Å². The van der Waals surface area contributed by atoms with Crippen molar-refractivity contribution in [2.75, 3.05) is 6.54 Å². The van der Waals surface area contributed by atoms with Crippen LogP contribution < -0.4 is 5.73 Å². The second-order valence-corrected chi connectivity index (χ2v) is 6.23. The Kier molecular flexibility index (Phi) is 4.02. The Morgan fingerprint density at radius 2 is 1.79 bits per heavy atom. The van der Waals surface area contributed by atoms with Crippen molar-refractivity contribution in [3.8, 4) is 11.3 Å². The van der Waals surface area contributed by atoms with Gasteiger partial charge in [0.15, 0.2) is 0 Å². The summed E-state index contributed by atoms with van der Waals surface area (Å²) in [4.78, 5) is 9.19. The van der Waals surface area contributed by atoms with E-state index in [-0.39, 0.29) is 5.41 Å². The third kappa shape index (κ3) is 3.19. The molecule has 2 rings (SSSR count). The molecule has 0 aliphatic rings. The second-order valence-electron chi connectivity index (χ2n) is 5.31. The molecule has 2 aromatic rings. The van der Waals surface area contributed by atoms with E-state index in [4.69, 9.17) is 5.73 Å². The first-order valence-corrected chi connectivity index (χ1v) is 7.04. The zero-order valence-electron chi connectivity index (χ0n) is 11.4. The Hall–Kier alpha value is -1.26. The van der Waals surface area contributed by atoms with Gasteiger partial charge in [-0.2, -0.15) is 0 Å². The summed E-state index contributed by atoms with van der Waals surface area (Å²) in [5, 5.41) is 0. The third-order valence-electron chi connectivity index (χ3n) is 3.11. The van der Waals surface area contributed by atoms with E-state index in [2.05, 4.69) is 39.7 Å². The van der Waals surface area contributed by atoms with Crippen molar-refractivity contribution in [1.29, 1.82) is 0 Å².